The van der Waals surface area contributed by atoms with E-state index in [1.807, 2.05) is 6.92 Å². The number of rotatable bonds is 4. The van der Waals surface area contributed by atoms with Crippen LogP contribution in [0, 0.1) is 6.92 Å². The van der Waals surface area contributed by atoms with Gasteiger partial charge < -0.3 is 9.47 Å². The number of carbonyl (C=O) groups excluding carboxylic acids is 2. The first kappa shape index (κ1) is 18.4. The number of carbonyl (C=O) groups is 2. The maximum atomic E-state index is 12.0. The molecule has 1 amide bonds. The van der Waals surface area contributed by atoms with Crippen molar-refractivity contribution in [2.75, 3.05) is 12.4 Å². The van der Waals surface area contributed by atoms with Gasteiger partial charge in [-0.1, -0.05) is 0 Å². The van der Waals surface area contributed by atoms with Crippen LogP contribution in [-0.2, 0) is 4.74 Å². The molecular formula is C18H21N3O4. The molecule has 132 valence electrons. The summed E-state index contributed by atoms with van der Waals surface area (Å²) in [5, 5.41) is 2.58. The first-order valence-corrected chi connectivity index (χ1v) is 7.70. The molecule has 2 aromatic heterocycles. The zero-order valence-electron chi connectivity index (χ0n) is 14.9. The molecule has 0 bridgehead atoms. The number of hydrogen-bond donors (Lipinski definition) is 1. The minimum absolute atomic E-state index is 0.220. The Morgan fingerprint density at radius 3 is 2.60 bits per heavy atom. The summed E-state index contributed by atoms with van der Waals surface area (Å²) in [4.78, 5) is 32.2. The first-order valence-electron chi connectivity index (χ1n) is 7.70. The Kier molecular flexibility index (Phi) is 5.36. The lowest BCUT2D eigenvalue weighted by Gasteiger charge is -2.20. The summed E-state index contributed by atoms with van der Waals surface area (Å²) in [6.07, 6.45) is 3.06. The molecule has 7 nitrogen and oxygen atoms in total. The highest BCUT2D eigenvalue weighted by atomic mass is 16.6. The van der Waals surface area contributed by atoms with E-state index < -0.39 is 11.7 Å². The molecule has 0 aromatic carbocycles. The number of anilines is 1. The van der Waals surface area contributed by atoms with Gasteiger partial charge in [-0.3, -0.25) is 20.1 Å². The number of aromatic nitrogens is 2. The molecule has 0 fully saturated rings. The third-order valence-electron chi connectivity index (χ3n) is 3.22. The molecular weight excluding hydrogens is 322 g/mol. The summed E-state index contributed by atoms with van der Waals surface area (Å²) < 4.78 is 10.6. The Labute approximate surface area is 146 Å². The number of nitrogens with one attached hydrogen (secondary N) is 1. The van der Waals surface area contributed by atoms with Crippen LogP contribution < -0.4 is 10.1 Å². The summed E-state index contributed by atoms with van der Waals surface area (Å²) in [5.41, 5.74) is 1.58. The number of nitrogens with zero attached hydrogens (tertiary/aromatic N) is 2. The van der Waals surface area contributed by atoms with Gasteiger partial charge in [-0.2, -0.15) is 0 Å². The zero-order chi connectivity index (χ0) is 18.6. The third-order valence-corrected chi connectivity index (χ3v) is 3.22. The summed E-state index contributed by atoms with van der Waals surface area (Å²) in [6.45, 7) is 7.11. The highest BCUT2D eigenvalue weighted by Crippen LogP contribution is 2.32. The Morgan fingerprint density at radius 1 is 1.28 bits per heavy atom. The van der Waals surface area contributed by atoms with Gasteiger partial charge in [0.2, 0.25) is 0 Å². The van der Waals surface area contributed by atoms with E-state index in [1.165, 1.54) is 19.4 Å². The Balaban J connectivity index is 2.45. The second-order valence-corrected chi connectivity index (χ2v) is 6.39. The molecule has 0 aliphatic rings. The number of aryl methyl sites for hydroxylation is 1. The van der Waals surface area contributed by atoms with Crippen LogP contribution in [0.2, 0.25) is 0 Å². The van der Waals surface area contributed by atoms with Gasteiger partial charge in [0.25, 0.3) is 0 Å². The second-order valence-electron chi connectivity index (χ2n) is 6.39. The van der Waals surface area contributed by atoms with Crippen molar-refractivity contribution in [1.82, 2.24) is 9.97 Å². The van der Waals surface area contributed by atoms with Gasteiger partial charge in [0, 0.05) is 24.2 Å². The van der Waals surface area contributed by atoms with Gasteiger partial charge in [0.15, 0.2) is 6.29 Å². The molecule has 0 aliphatic heterocycles. The van der Waals surface area contributed by atoms with Crippen molar-refractivity contribution in [2.45, 2.75) is 33.3 Å². The maximum absolute atomic E-state index is 12.0. The minimum Gasteiger partial charge on any atom is -0.496 e. The molecule has 0 atom stereocenters. The second kappa shape index (κ2) is 7.29. The lowest BCUT2D eigenvalue weighted by atomic mass is 10.1. The van der Waals surface area contributed by atoms with Crippen molar-refractivity contribution in [2.24, 2.45) is 0 Å². The summed E-state index contributed by atoms with van der Waals surface area (Å²) in [6, 6.07) is 3.28. The van der Waals surface area contributed by atoms with Crippen molar-refractivity contribution in [1.29, 1.82) is 0 Å². The van der Waals surface area contributed by atoms with Gasteiger partial charge in [0.1, 0.15) is 11.4 Å². The fourth-order valence-corrected chi connectivity index (χ4v) is 2.21. The van der Waals surface area contributed by atoms with E-state index in [0.717, 1.165) is 5.69 Å². The molecule has 0 saturated heterocycles. The Hall–Kier alpha value is -2.96. The number of amides is 1. The standard InChI is InChI=1S/C18H21N3O4/c1-11-8-15(24-5)12(9-20-11)16-13(10-22)14(6-7-19-16)21-17(23)25-18(2,3)4/h6-10H,1-5H3,(H,19,21,23). The molecule has 2 rings (SSSR count). The van der Waals surface area contributed by atoms with Gasteiger partial charge in [-0.25, -0.2) is 4.79 Å². The van der Waals surface area contributed by atoms with Gasteiger partial charge in [-0.15, -0.1) is 0 Å². The number of methoxy groups -OCH3 is 1. The summed E-state index contributed by atoms with van der Waals surface area (Å²) in [5.74, 6) is 0.539. The smallest absolute Gasteiger partial charge is 0.412 e. The van der Waals surface area contributed by atoms with Crippen LogP contribution in [0.3, 0.4) is 0 Å². The SMILES string of the molecule is COc1cc(C)ncc1-c1nccc(NC(=O)OC(C)(C)C)c1C=O. The van der Waals surface area contributed by atoms with Crippen LogP contribution in [0.25, 0.3) is 11.3 Å². The molecule has 2 heterocycles. The predicted molar refractivity (Wildman–Crippen MR) is 94.0 cm³/mol. The molecule has 2 aromatic rings. The number of aldehydes is 1. The van der Waals surface area contributed by atoms with Crippen molar-refractivity contribution < 1.29 is 19.1 Å². The fourth-order valence-electron chi connectivity index (χ4n) is 2.21. The van der Waals surface area contributed by atoms with E-state index in [2.05, 4.69) is 15.3 Å². The molecule has 0 aliphatic carbocycles. The number of pyridine rings is 2. The maximum Gasteiger partial charge on any atom is 0.412 e. The largest absolute Gasteiger partial charge is 0.496 e. The third kappa shape index (κ3) is 4.53. The fraction of sp³-hybridized carbons (Fsp3) is 0.333. The van der Waals surface area contributed by atoms with Crippen molar-refractivity contribution in [3.63, 3.8) is 0 Å². The van der Waals surface area contributed by atoms with Crippen LogP contribution in [0.1, 0.15) is 36.8 Å². The lowest BCUT2D eigenvalue weighted by Crippen LogP contribution is -2.27. The average molecular weight is 343 g/mol. The Bertz CT molecular complexity index is 797. The quantitative estimate of drug-likeness (QED) is 0.853. The van der Waals surface area contributed by atoms with E-state index in [-0.39, 0.29) is 5.56 Å². The van der Waals surface area contributed by atoms with E-state index >= 15 is 0 Å². The molecule has 25 heavy (non-hydrogen) atoms. The molecule has 0 radical (unpaired) electrons. The normalized spacial score (nSPS) is 10.9. The molecule has 7 heteroatoms. The minimum atomic E-state index is -0.651. The van der Waals surface area contributed by atoms with Crippen molar-refractivity contribution in [3.8, 4) is 17.0 Å². The number of ether oxygens (including phenoxy) is 2. The van der Waals surface area contributed by atoms with Crippen LogP contribution in [0.15, 0.2) is 24.5 Å². The van der Waals surface area contributed by atoms with Crippen molar-refractivity contribution >= 4 is 18.1 Å². The average Bonchev–Trinajstić information content (AvgIpc) is 2.52. The number of hydrogen-bond acceptors (Lipinski definition) is 6. The van der Waals surface area contributed by atoms with E-state index in [4.69, 9.17) is 9.47 Å². The topological polar surface area (TPSA) is 90.4 Å². The van der Waals surface area contributed by atoms with Gasteiger partial charge in [0.05, 0.1) is 29.6 Å². The lowest BCUT2D eigenvalue weighted by molar-refractivity contribution is 0.0636. The summed E-state index contributed by atoms with van der Waals surface area (Å²) >= 11 is 0. The van der Waals surface area contributed by atoms with Gasteiger partial charge in [-0.05, 0) is 33.8 Å². The molecule has 0 saturated carbocycles. The van der Waals surface area contributed by atoms with Crippen LogP contribution in [0.4, 0.5) is 10.5 Å². The van der Waals surface area contributed by atoms with Crippen LogP contribution in [0.5, 0.6) is 5.75 Å². The Morgan fingerprint density at radius 2 is 2.00 bits per heavy atom. The molecule has 0 unspecified atom stereocenters. The first-order chi connectivity index (χ1) is 11.7. The van der Waals surface area contributed by atoms with E-state index in [1.54, 1.807) is 33.0 Å². The predicted octanol–water partition coefficient (Wildman–Crippen LogP) is 3.62. The summed E-state index contributed by atoms with van der Waals surface area (Å²) in [7, 11) is 1.53. The molecule has 0 spiro atoms. The van der Waals surface area contributed by atoms with E-state index in [0.29, 0.717) is 29.0 Å². The van der Waals surface area contributed by atoms with Crippen LogP contribution in [-0.4, -0.2) is 35.1 Å². The van der Waals surface area contributed by atoms with Gasteiger partial charge >= 0.3 is 6.09 Å². The zero-order valence-corrected chi connectivity index (χ0v) is 14.9. The highest BCUT2D eigenvalue weighted by Gasteiger charge is 2.20. The molecule has 1 N–H and O–H groups in total. The van der Waals surface area contributed by atoms with E-state index in [9.17, 15) is 9.59 Å². The van der Waals surface area contributed by atoms with Crippen LogP contribution >= 0.6 is 0 Å². The monoisotopic (exact) mass is 343 g/mol. The van der Waals surface area contributed by atoms with Crippen molar-refractivity contribution in [3.05, 3.63) is 35.8 Å². The highest BCUT2D eigenvalue weighted by molar-refractivity contribution is 5.98.